The van der Waals surface area contributed by atoms with Crippen LogP contribution in [0, 0.1) is 17.0 Å². The van der Waals surface area contributed by atoms with Crippen molar-refractivity contribution >= 4 is 46.4 Å². The molecule has 0 radical (unpaired) electrons. The maximum absolute atomic E-state index is 12.1. The number of benzene rings is 2. The molecule has 3 N–H and O–H groups in total. The van der Waals surface area contributed by atoms with Crippen LogP contribution < -0.4 is 16.2 Å². The van der Waals surface area contributed by atoms with Crippen LogP contribution in [-0.4, -0.2) is 16.7 Å². The van der Waals surface area contributed by atoms with Crippen LogP contribution in [0.5, 0.6) is 0 Å². The number of nitro groups is 1. The first-order valence-corrected chi connectivity index (χ1v) is 8.68. The Morgan fingerprint density at radius 3 is 2.43 bits per heavy atom. The summed E-state index contributed by atoms with van der Waals surface area (Å²) in [5.74, 6) is -0.971. The summed E-state index contributed by atoms with van der Waals surface area (Å²) in [5, 5.41) is 13.9. The lowest BCUT2D eigenvalue weighted by Gasteiger charge is -2.10. The maximum Gasteiger partial charge on any atom is 0.287 e. The number of anilines is 1. The van der Waals surface area contributed by atoms with Gasteiger partial charge in [-0.3, -0.25) is 25.1 Å². The number of aryl methyl sites for hydroxylation is 1. The van der Waals surface area contributed by atoms with Crippen LogP contribution in [0.4, 0.5) is 11.4 Å². The molecule has 0 atom stereocenters. The summed E-state index contributed by atoms with van der Waals surface area (Å²) in [5.41, 5.74) is 6.58. The summed E-state index contributed by atoms with van der Waals surface area (Å²) >= 11 is 11.7. The van der Waals surface area contributed by atoms with E-state index < -0.39 is 16.7 Å². The van der Waals surface area contributed by atoms with E-state index in [1.54, 1.807) is 25.1 Å². The highest BCUT2D eigenvalue weighted by Crippen LogP contribution is 2.24. The van der Waals surface area contributed by atoms with Crippen LogP contribution in [-0.2, 0) is 4.79 Å². The van der Waals surface area contributed by atoms with Crippen molar-refractivity contribution in [3.8, 4) is 0 Å². The summed E-state index contributed by atoms with van der Waals surface area (Å²) in [6.07, 6.45) is 1.26. The number of allylic oxidation sites excluding steroid dienone is 1. The fourth-order valence-corrected chi connectivity index (χ4v) is 2.67. The molecule has 0 bridgehead atoms. The molecule has 0 aliphatic heterocycles. The minimum atomic E-state index is -0.643. The molecule has 2 aromatic carbocycles. The van der Waals surface area contributed by atoms with Crippen LogP contribution in [0.15, 0.2) is 48.2 Å². The van der Waals surface area contributed by atoms with E-state index in [9.17, 15) is 19.7 Å². The van der Waals surface area contributed by atoms with E-state index >= 15 is 0 Å². The zero-order valence-electron chi connectivity index (χ0n) is 14.9. The number of amides is 2. The monoisotopic (exact) mass is 422 g/mol. The SMILES string of the molecule is C/C(=C\C(=O)Nc1ccc(Cl)cc1C)NNC(=O)c1ccc([N+](=O)[O-])c(Cl)c1. The number of carbonyl (C=O) groups excluding carboxylic acids is 2. The van der Waals surface area contributed by atoms with Gasteiger partial charge in [-0.25, -0.2) is 0 Å². The van der Waals surface area contributed by atoms with Crippen LogP contribution >= 0.6 is 23.2 Å². The Morgan fingerprint density at radius 1 is 1.11 bits per heavy atom. The smallest absolute Gasteiger partial charge is 0.287 e. The van der Waals surface area contributed by atoms with Crippen LogP contribution in [0.3, 0.4) is 0 Å². The summed E-state index contributed by atoms with van der Waals surface area (Å²) < 4.78 is 0. The standard InChI is InChI=1S/C18H16Cl2N4O4/c1-10-7-13(19)4-5-15(10)21-17(25)8-11(2)22-23-18(26)12-3-6-16(24(27)28)14(20)9-12/h3-9,22H,1-2H3,(H,21,25)(H,23,26)/b11-8+. The van der Waals surface area contributed by atoms with Crippen LogP contribution in [0.2, 0.25) is 10.0 Å². The van der Waals surface area contributed by atoms with E-state index in [0.29, 0.717) is 16.4 Å². The molecule has 146 valence electrons. The van der Waals surface area contributed by atoms with Gasteiger partial charge in [0.2, 0.25) is 5.91 Å². The number of hydrogen-bond donors (Lipinski definition) is 3. The molecule has 0 aliphatic carbocycles. The molecule has 0 saturated heterocycles. The fourth-order valence-electron chi connectivity index (χ4n) is 2.19. The Bertz CT molecular complexity index is 976. The molecule has 0 fully saturated rings. The van der Waals surface area contributed by atoms with Crippen molar-refractivity contribution in [1.82, 2.24) is 10.9 Å². The Balaban J connectivity index is 1.95. The molecular weight excluding hydrogens is 407 g/mol. The van der Waals surface area contributed by atoms with Gasteiger partial charge in [0, 0.05) is 34.1 Å². The third kappa shape index (κ3) is 5.70. The van der Waals surface area contributed by atoms with Crippen LogP contribution in [0.1, 0.15) is 22.8 Å². The van der Waals surface area contributed by atoms with Gasteiger partial charge in [0.05, 0.1) is 4.92 Å². The van der Waals surface area contributed by atoms with E-state index in [1.807, 2.05) is 6.92 Å². The van der Waals surface area contributed by atoms with E-state index in [-0.39, 0.29) is 16.3 Å². The van der Waals surface area contributed by atoms with Gasteiger partial charge in [-0.1, -0.05) is 23.2 Å². The first-order valence-electron chi connectivity index (χ1n) is 7.93. The third-order valence-corrected chi connectivity index (χ3v) is 4.11. The average molecular weight is 423 g/mol. The lowest BCUT2D eigenvalue weighted by atomic mass is 10.2. The van der Waals surface area contributed by atoms with Gasteiger partial charge in [0.25, 0.3) is 11.6 Å². The first-order chi connectivity index (χ1) is 13.2. The summed E-state index contributed by atoms with van der Waals surface area (Å²) in [6.45, 7) is 3.39. The number of hydrogen-bond acceptors (Lipinski definition) is 5. The molecular formula is C18H16Cl2N4O4. The number of halogens is 2. The second kappa shape index (κ2) is 9.20. The van der Waals surface area contributed by atoms with Crippen molar-refractivity contribution in [2.24, 2.45) is 0 Å². The van der Waals surface area contributed by atoms with Gasteiger partial charge in [-0.15, -0.1) is 0 Å². The largest absolute Gasteiger partial charge is 0.322 e. The summed E-state index contributed by atoms with van der Waals surface area (Å²) in [7, 11) is 0. The van der Waals surface area contributed by atoms with Crippen molar-refractivity contribution in [2.75, 3.05) is 5.32 Å². The van der Waals surface area contributed by atoms with Crippen molar-refractivity contribution in [1.29, 1.82) is 0 Å². The Hall–Kier alpha value is -3.10. The Labute approximate surface area is 170 Å². The van der Waals surface area contributed by atoms with E-state index in [2.05, 4.69) is 16.2 Å². The zero-order valence-corrected chi connectivity index (χ0v) is 16.4. The molecule has 2 rings (SSSR count). The molecule has 0 saturated carbocycles. The summed E-state index contributed by atoms with van der Waals surface area (Å²) in [4.78, 5) is 34.3. The topological polar surface area (TPSA) is 113 Å². The van der Waals surface area contributed by atoms with Crippen LogP contribution in [0.25, 0.3) is 0 Å². The van der Waals surface area contributed by atoms with Gasteiger partial charge >= 0.3 is 0 Å². The van der Waals surface area contributed by atoms with Crippen molar-refractivity contribution in [3.05, 3.63) is 79.5 Å². The minimum absolute atomic E-state index is 0.122. The van der Waals surface area contributed by atoms with E-state index in [1.165, 1.54) is 18.2 Å². The van der Waals surface area contributed by atoms with Gasteiger partial charge in [-0.2, -0.15) is 0 Å². The Kier molecular flexibility index (Phi) is 6.97. The number of hydrazine groups is 1. The highest BCUT2D eigenvalue weighted by molar-refractivity contribution is 6.33. The predicted octanol–water partition coefficient (Wildman–Crippen LogP) is 3.99. The van der Waals surface area contributed by atoms with Gasteiger partial charge < -0.3 is 10.7 Å². The lowest BCUT2D eigenvalue weighted by molar-refractivity contribution is -0.384. The highest BCUT2D eigenvalue weighted by atomic mass is 35.5. The average Bonchev–Trinajstić information content (AvgIpc) is 2.61. The Morgan fingerprint density at radius 2 is 1.82 bits per heavy atom. The normalized spacial score (nSPS) is 10.9. The molecule has 28 heavy (non-hydrogen) atoms. The highest BCUT2D eigenvalue weighted by Gasteiger charge is 2.15. The van der Waals surface area contributed by atoms with Gasteiger partial charge in [0.1, 0.15) is 5.02 Å². The second-order valence-electron chi connectivity index (χ2n) is 5.78. The molecule has 10 heteroatoms. The number of rotatable bonds is 6. The van der Waals surface area contributed by atoms with Gasteiger partial charge in [-0.05, 0) is 49.7 Å². The number of nitrogens with zero attached hydrogens (tertiary/aromatic N) is 1. The first kappa shape index (κ1) is 21.2. The number of carbonyl (C=O) groups is 2. The van der Waals surface area contributed by atoms with Gasteiger partial charge in [0.15, 0.2) is 0 Å². The minimum Gasteiger partial charge on any atom is -0.322 e. The molecule has 0 aliphatic rings. The molecule has 0 aromatic heterocycles. The fraction of sp³-hybridized carbons (Fsp3) is 0.111. The molecule has 2 amide bonds. The third-order valence-electron chi connectivity index (χ3n) is 3.57. The van der Waals surface area contributed by atoms with Crippen molar-refractivity contribution < 1.29 is 14.5 Å². The zero-order chi connectivity index (χ0) is 20.8. The molecule has 8 nitrogen and oxygen atoms in total. The lowest BCUT2D eigenvalue weighted by Crippen LogP contribution is -2.36. The molecule has 0 heterocycles. The summed E-state index contributed by atoms with van der Waals surface area (Å²) in [6, 6.07) is 8.67. The number of nitro benzene ring substituents is 1. The van der Waals surface area contributed by atoms with Crippen molar-refractivity contribution in [3.63, 3.8) is 0 Å². The van der Waals surface area contributed by atoms with Crippen molar-refractivity contribution in [2.45, 2.75) is 13.8 Å². The van der Waals surface area contributed by atoms with E-state index in [4.69, 9.17) is 23.2 Å². The number of nitrogens with one attached hydrogen (secondary N) is 3. The molecule has 2 aromatic rings. The maximum atomic E-state index is 12.1. The van der Waals surface area contributed by atoms with E-state index in [0.717, 1.165) is 11.6 Å². The molecule has 0 spiro atoms. The predicted molar refractivity (Wildman–Crippen MR) is 107 cm³/mol. The molecule has 0 unspecified atom stereocenters. The second-order valence-corrected chi connectivity index (χ2v) is 6.62. The quantitative estimate of drug-likeness (QED) is 0.370.